The van der Waals surface area contributed by atoms with Crippen LogP contribution in [0.25, 0.3) is 22.3 Å². The molecular formula is C32H38ClN7O3S. The van der Waals surface area contributed by atoms with E-state index in [0.29, 0.717) is 5.02 Å². The largest absolute Gasteiger partial charge is 0.349 e. The molecule has 1 aliphatic heterocycles. The maximum atomic E-state index is 13.6. The Kier molecular flexibility index (Phi) is 10.2. The molecule has 0 fully saturated rings. The van der Waals surface area contributed by atoms with E-state index in [2.05, 4.69) is 46.5 Å². The second kappa shape index (κ2) is 13.7. The fourth-order valence-electron chi connectivity index (χ4n) is 5.32. The van der Waals surface area contributed by atoms with Crippen LogP contribution in [0.2, 0.25) is 5.02 Å². The summed E-state index contributed by atoms with van der Waals surface area (Å²) in [6.45, 7) is 6.49. The smallest absolute Gasteiger partial charge is 0.250 e. The van der Waals surface area contributed by atoms with Gasteiger partial charge in [0.25, 0.3) is 0 Å². The van der Waals surface area contributed by atoms with Crippen LogP contribution in [0.4, 0.5) is 0 Å². The zero-order valence-electron chi connectivity index (χ0n) is 25.5. The molecule has 1 atom stereocenters. The van der Waals surface area contributed by atoms with Gasteiger partial charge in [0.15, 0.2) is 11.1 Å². The van der Waals surface area contributed by atoms with Crippen LogP contribution in [0, 0.1) is 16.2 Å². The van der Waals surface area contributed by atoms with Crippen molar-refractivity contribution >= 4 is 52.2 Å². The molecule has 1 aromatic heterocycles. The van der Waals surface area contributed by atoms with E-state index < -0.39 is 23.8 Å². The van der Waals surface area contributed by atoms with Gasteiger partial charge in [-0.05, 0) is 35.1 Å². The summed E-state index contributed by atoms with van der Waals surface area (Å²) in [5.74, 6) is -1.63. The molecule has 4 rings (SSSR count). The molecular weight excluding hydrogens is 598 g/mol. The van der Waals surface area contributed by atoms with E-state index in [1.54, 1.807) is 14.1 Å². The van der Waals surface area contributed by atoms with Crippen molar-refractivity contribution in [3.63, 3.8) is 0 Å². The second-order valence-corrected chi connectivity index (χ2v) is 13.3. The molecule has 3 aromatic rings. The zero-order chi connectivity index (χ0) is 32.2. The predicted molar refractivity (Wildman–Crippen MR) is 177 cm³/mol. The van der Waals surface area contributed by atoms with Gasteiger partial charge in [-0.2, -0.15) is 0 Å². The number of nitrogens with one attached hydrogen (secondary N) is 5. The molecule has 0 unspecified atom stereocenters. The summed E-state index contributed by atoms with van der Waals surface area (Å²) in [5, 5.41) is 23.6. The van der Waals surface area contributed by atoms with E-state index in [1.807, 2.05) is 42.5 Å². The number of amides is 2. The van der Waals surface area contributed by atoms with Crippen LogP contribution >= 0.6 is 23.4 Å². The highest BCUT2D eigenvalue weighted by molar-refractivity contribution is 8.13. The van der Waals surface area contributed by atoms with Crippen LogP contribution in [0.5, 0.6) is 0 Å². The highest BCUT2D eigenvalue weighted by Crippen LogP contribution is 2.47. The Bertz CT molecular complexity index is 1580. The first-order valence-electron chi connectivity index (χ1n) is 14.2. The second-order valence-electron chi connectivity index (χ2n) is 11.8. The minimum atomic E-state index is -1.07. The van der Waals surface area contributed by atoms with Crippen molar-refractivity contribution in [1.29, 1.82) is 10.8 Å². The lowest BCUT2D eigenvalue weighted by Gasteiger charge is -2.20. The fraction of sp³-hybridized carbons (Fsp3) is 0.344. The Morgan fingerprint density at radius 3 is 2.25 bits per heavy atom. The third kappa shape index (κ3) is 7.89. The van der Waals surface area contributed by atoms with Gasteiger partial charge in [0.2, 0.25) is 17.8 Å². The molecule has 44 heavy (non-hydrogen) atoms. The Labute approximate surface area is 266 Å². The van der Waals surface area contributed by atoms with E-state index in [4.69, 9.17) is 22.4 Å². The van der Waals surface area contributed by atoms with Gasteiger partial charge in [0, 0.05) is 60.9 Å². The van der Waals surface area contributed by atoms with Gasteiger partial charge in [0.1, 0.15) is 6.04 Å². The van der Waals surface area contributed by atoms with E-state index in [0.717, 1.165) is 52.7 Å². The van der Waals surface area contributed by atoms with Crippen molar-refractivity contribution in [2.75, 3.05) is 19.8 Å². The summed E-state index contributed by atoms with van der Waals surface area (Å²) in [5.41, 5.74) is 6.24. The Hall–Kier alpha value is -4.09. The van der Waals surface area contributed by atoms with Crippen LogP contribution in [0.15, 0.2) is 54.6 Å². The molecule has 2 amide bonds. The van der Waals surface area contributed by atoms with Gasteiger partial charge in [-0.1, -0.05) is 79.7 Å². The number of benzene rings is 2. The van der Waals surface area contributed by atoms with Crippen molar-refractivity contribution in [1.82, 2.24) is 25.4 Å². The van der Waals surface area contributed by atoms with Crippen molar-refractivity contribution < 1.29 is 14.4 Å². The predicted octanol–water partition coefficient (Wildman–Crippen LogP) is 4.50. The molecule has 1 aliphatic rings. The Balaban J connectivity index is 1.62. The average Bonchev–Trinajstić information content (AvgIpc) is 3.41. The standard InChI is InChI=1S/C32H38ClN7O3S/c1-19(41)36-23(29(43)37-30(34)38-31(35)39(4)5)17-44-26(42)15-24-27(21-11-13-22(33)14-12-21)28(20-9-7-6-8-10-20)25-16-32(2,3)18-40(24)25/h6-14,23H,15-18H2,1-5H3,(H,36,41)(H4,34,35,37,38,43)/t23-/m0/s1. The normalized spacial score (nSPS) is 13.9. The Morgan fingerprint density at radius 1 is 1.00 bits per heavy atom. The molecule has 0 bridgehead atoms. The van der Waals surface area contributed by atoms with Crippen LogP contribution < -0.4 is 16.0 Å². The van der Waals surface area contributed by atoms with Crippen molar-refractivity contribution in [2.24, 2.45) is 5.41 Å². The lowest BCUT2D eigenvalue weighted by atomic mass is 9.86. The van der Waals surface area contributed by atoms with Gasteiger partial charge in [0.05, 0.1) is 6.42 Å². The van der Waals surface area contributed by atoms with E-state index in [9.17, 15) is 14.4 Å². The minimum Gasteiger partial charge on any atom is -0.349 e. The summed E-state index contributed by atoms with van der Waals surface area (Å²) < 4.78 is 2.27. The highest BCUT2D eigenvalue weighted by atomic mass is 35.5. The molecule has 0 spiro atoms. The first-order chi connectivity index (χ1) is 20.8. The van der Waals surface area contributed by atoms with Crippen molar-refractivity contribution in [3.05, 3.63) is 71.0 Å². The lowest BCUT2D eigenvalue weighted by Crippen LogP contribution is -2.54. The topological polar surface area (TPSA) is 143 Å². The molecule has 0 saturated carbocycles. The summed E-state index contributed by atoms with van der Waals surface area (Å²) in [6, 6.07) is 16.8. The first kappa shape index (κ1) is 32.8. The molecule has 5 N–H and O–H groups in total. The number of guanidine groups is 2. The van der Waals surface area contributed by atoms with Crippen molar-refractivity contribution in [2.45, 2.75) is 46.2 Å². The summed E-state index contributed by atoms with van der Waals surface area (Å²) in [7, 11) is 3.24. The Morgan fingerprint density at radius 2 is 1.64 bits per heavy atom. The quantitative estimate of drug-likeness (QED) is 0.182. The summed E-state index contributed by atoms with van der Waals surface area (Å²) in [6.07, 6.45) is 0.972. The molecule has 10 nitrogen and oxygen atoms in total. The van der Waals surface area contributed by atoms with Gasteiger partial charge >= 0.3 is 0 Å². The molecule has 2 heterocycles. The number of hydrogen-bond donors (Lipinski definition) is 5. The molecule has 12 heteroatoms. The van der Waals surface area contributed by atoms with Crippen LogP contribution in [0.1, 0.15) is 32.2 Å². The minimum absolute atomic E-state index is 0.0123. The van der Waals surface area contributed by atoms with Gasteiger partial charge in [-0.25, -0.2) is 0 Å². The number of nitrogens with zero attached hydrogens (tertiary/aromatic N) is 2. The van der Waals surface area contributed by atoms with E-state index >= 15 is 0 Å². The van der Waals surface area contributed by atoms with Crippen LogP contribution in [-0.2, 0) is 33.8 Å². The molecule has 2 aromatic carbocycles. The van der Waals surface area contributed by atoms with E-state index in [-0.39, 0.29) is 28.7 Å². The maximum Gasteiger partial charge on any atom is 0.250 e. The number of halogens is 1. The number of hydrogen-bond acceptors (Lipinski definition) is 6. The summed E-state index contributed by atoms with van der Waals surface area (Å²) >= 11 is 7.20. The third-order valence-corrected chi connectivity index (χ3v) is 8.48. The van der Waals surface area contributed by atoms with Crippen molar-refractivity contribution in [3.8, 4) is 22.3 Å². The first-order valence-corrected chi connectivity index (χ1v) is 15.5. The third-order valence-electron chi connectivity index (χ3n) is 7.26. The van der Waals surface area contributed by atoms with Gasteiger partial charge in [-0.3, -0.25) is 35.8 Å². The lowest BCUT2D eigenvalue weighted by molar-refractivity contribution is -0.126. The molecule has 232 valence electrons. The molecule has 0 saturated heterocycles. The number of aromatic nitrogens is 1. The van der Waals surface area contributed by atoms with Gasteiger partial charge < -0.3 is 14.8 Å². The summed E-state index contributed by atoms with van der Waals surface area (Å²) in [4.78, 5) is 39.9. The number of carbonyl (C=O) groups excluding carboxylic acids is 3. The van der Waals surface area contributed by atoms with E-state index in [1.165, 1.54) is 17.5 Å². The molecule has 0 radical (unpaired) electrons. The molecule has 0 aliphatic carbocycles. The van der Waals surface area contributed by atoms with Crippen LogP contribution in [0.3, 0.4) is 0 Å². The highest BCUT2D eigenvalue weighted by Gasteiger charge is 2.36. The monoisotopic (exact) mass is 635 g/mol. The number of rotatable bonds is 8. The average molecular weight is 636 g/mol. The fourth-order valence-corrected chi connectivity index (χ4v) is 6.28. The maximum absolute atomic E-state index is 13.6. The van der Waals surface area contributed by atoms with Gasteiger partial charge in [-0.15, -0.1) is 0 Å². The number of carbonyl (C=O) groups is 3. The zero-order valence-corrected chi connectivity index (χ0v) is 27.1. The number of thioether (sulfide) groups is 1. The number of fused-ring (bicyclic) bond motifs is 1. The SMILES string of the molecule is CC(=O)N[C@@H](CSC(=O)Cc1c(-c2ccc(Cl)cc2)c(-c2ccccc2)c2n1CC(C)(C)C2)C(=O)NC(=N)NC(=N)N(C)C. The van der Waals surface area contributed by atoms with Crippen LogP contribution in [-0.4, -0.2) is 64.2 Å².